The molecule has 0 aliphatic carbocycles. The number of aliphatic hydroxyl groups excluding tert-OH is 1. The number of nitrogens with zero attached hydrogens (tertiary/aromatic N) is 2. The molecule has 0 bridgehead atoms. The Balaban J connectivity index is 0.883. The number of para-hydroxylation sites is 1. The summed E-state index contributed by atoms with van der Waals surface area (Å²) >= 11 is 0. The molecule has 6 aromatic rings. The van der Waals surface area contributed by atoms with Gasteiger partial charge in [0.2, 0.25) is 17.7 Å². The molecule has 5 aliphatic heterocycles. The van der Waals surface area contributed by atoms with E-state index >= 15 is 4.79 Å². The van der Waals surface area contributed by atoms with E-state index in [2.05, 4.69) is 17.2 Å². The number of fused-ring (bicyclic) bond motifs is 4. The van der Waals surface area contributed by atoms with Gasteiger partial charge in [0.25, 0.3) is 0 Å². The van der Waals surface area contributed by atoms with Crippen molar-refractivity contribution in [2.24, 2.45) is 11.8 Å². The second kappa shape index (κ2) is 21.6. The maximum absolute atomic E-state index is 15.2. The van der Waals surface area contributed by atoms with Crippen molar-refractivity contribution in [3.63, 3.8) is 0 Å². The molecule has 4 fully saturated rings. The third-order valence-corrected chi connectivity index (χ3v) is 15.4. The van der Waals surface area contributed by atoms with Crippen LogP contribution in [0.2, 0.25) is 0 Å². The van der Waals surface area contributed by atoms with E-state index in [1.165, 1.54) is 11.0 Å². The van der Waals surface area contributed by atoms with Crippen molar-refractivity contribution in [2.75, 3.05) is 38.4 Å². The lowest BCUT2D eigenvalue weighted by atomic mass is 9.65. The maximum atomic E-state index is 15.2. The zero-order chi connectivity index (χ0) is 53.2. The zero-order valence-electron chi connectivity index (χ0n) is 41.9. The van der Waals surface area contributed by atoms with Crippen LogP contribution in [0.3, 0.4) is 0 Å². The third kappa shape index (κ3) is 9.16. The van der Waals surface area contributed by atoms with Crippen LogP contribution in [-0.2, 0) is 54.8 Å². The van der Waals surface area contributed by atoms with Crippen molar-refractivity contribution in [2.45, 2.75) is 60.6 Å². The van der Waals surface area contributed by atoms with E-state index in [9.17, 15) is 29.1 Å². The highest BCUT2D eigenvalue weighted by molar-refractivity contribution is 6.11. The summed E-state index contributed by atoms with van der Waals surface area (Å²) < 4.78 is 30.0. The Hall–Kier alpha value is -8.60. The van der Waals surface area contributed by atoms with Crippen LogP contribution in [0.15, 0.2) is 176 Å². The lowest BCUT2D eigenvalue weighted by Gasteiger charge is -2.46. The van der Waals surface area contributed by atoms with Crippen molar-refractivity contribution >= 4 is 41.3 Å². The highest BCUT2D eigenvalue weighted by Gasteiger charge is 2.74. The normalized spacial score (nSPS) is 26.1. The lowest BCUT2D eigenvalue weighted by molar-refractivity contribution is -0.180. The average Bonchev–Trinajstić information content (AvgIpc) is 4.21. The van der Waals surface area contributed by atoms with Gasteiger partial charge in [0.15, 0.2) is 0 Å². The minimum atomic E-state index is -1.71. The molecular formula is C61H56N4O12. The fourth-order valence-electron chi connectivity index (χ4n) is 12.4. The highest BCUT2D eigenvalue weighted by atomic mass is 16.6. The first-order chi connectivity index (χ1) is 37.6. The zero-order valence-corrected chi connectivity index (χ0v) is 41.9. The summed E-state index contributed by atoms with van der Waals surface area (Å²) in [6.45, 7) is 3.15. The fourth-order valence-corrected chi connectivity index (χ4v) is 12.4. The van der Waals surface area contributed by atoms with Crippen LogP contribution in [0.5, 0.6) is 11.5 Å². The standard InChI is InChI=1S/C61H56N4O12/c1-2-30-75-58(70)49-52-59(71)77-53(39-19-10-5-11-20-39)51(38-17-8-4-9-18-38)65(52)54(61(49)45-23-12-13-24-46(45)63-60(61)72)40-25-27-42(28-26-40)74-32-33-76-57(69)44-36-48-55(67)62-47(34-37-15-6-3-7-16-37)56(68)64(48)50(44)41-21-14-22-43(35-41)73-31-29-66/h2-28,35,44,47-54,66H,1,29-34,36H2,(H,62,67)(H,63,72)/t44-,47+,48-,49+,50-,51+,52+,53-,54-,61+/m1/s1. The number of carbonyl (C=O) groups is 6. The minimum absolute atomic E-state index is 0.0218. The van der Waals surface area contributed by atoms with E-state index in [1.807, 2.05) is 102 Å². The smallest absolute Gasteiger partial charge is 0.325 e. The minimum Gasteiger partial charge on any atom is -0.491 e. The first-order valence-corrected chi connectivity index (χ1v) is 25.8. The highest BCUT2D eigenvalue weighted by Crippen LogP contribution is 2.65. The van der Waals surface area contributed by atoms with Gasteiger partial charge in [-0.05, 0) is 70.1 Å². The number of piperazine rings is 1. The van der Waals surface area contributed by atoms with Crippen molar-refractivity contribution in [3.8, 4) is 11.5 Å². The topological polar surface area (TPSA) is 199 Å². The molecule has 3 N–H and O–H groups in total. The van der Waals surface area contributed by atoms with E-state index < -0.39 is 83.4 Å². The summed E-state index contributed by atoms with van der Waals surface area (Å²) in [5.74, 6) is -4.69. The molecule has 77 heavy (non-hydrogen) atoms. The van der Waals surface area contributed by atoms with Gasteiger partial charge in [-0.3, -0.25) is 33.7 Å². The van der Waals surface area contributed by atoms with E-state index in [-0.39, 0.29) is 57.7 Å². The van der Waals surface area contributed by atoms with E-state index in [0.717, 1.165) is 16.7 Å². The number of hydrogen-bond donors (Lipinski definition) is 3. The summed E-state index contributed by atoms with van der Waals surface area (Å²) in [7, 11) is 0. The number of aliphatic hydroxyl groups is 1. The largest absolute Gasteiger partial charge is 0.491 e. The Morgan fingerprint density at radius 3 is 2.09 bits per heavy atom. The molecule has 0 unspecified atom stereocenters. The molecule has 392 valence electrons. The molecule has 3 amide bonds. The van der Waals surface area contributed by atoms with Crippen LogP contribution >= 0.6 is 0 Å². The number of hydrogen-bond acceptors (Lipinski definition) is 13. The number of amides is 3. The van der Waals surface area contributed by atoms with Crippen LogP contribution in [0.1, 0.15) is 64.0 Å². The Morgan fingerprint density at radius 1 is 0.688 bits per heavy atom. The monoisotopic (exact) mass is 1040 g/mol. The third-order valence-electron chi connectivity index (χ3n) is 15.4. The second-order valence-electron chi connectivity index (χ2n) is 19.7. The molecule has 4 saturated heterocycles. The fraction of sp³-hybridized carbons (Fsp3) is 0.279. The number of benzene rings is 6. The van der Waals surface area contributed by atoms with Crippen LogP contribution in [0, 0.1) is 11.8 Å². The number of rotatable bonds is 17. The quantitative estimate of drug-likeness (QED) is 0.0379. The molecule has 16 nitrogen and oxygen atoms in total. The Bertz CT molecular complexity index is 3200. The molecule has 1 spiro atoms. The Morgan fingerprint density at radius 2 is 1.36 bits per heavy atom. The van der Waals surface area contributed by atoms with Crippen molar-refractivity contribution in [3.05, 3.63) is 210 Å². The number of morpholine rings is 1. The molecule has 11 rings (SSSR count). The first kappa shape index (κ1) is 50.6. The predicted molar refractivity (Wildman–Crippen MR) is 280 cm³/mol. The number of esters is 3. The molecule has 16 heteroatoms. The van der Waals surface area contributed by atoms with Crippen LogP contribution in [0.4, 0.5) is 5.69 Å². The number of anilines is 1. The van der Waals surface area contributed by atoms with Crippen molar-refractivity contribution in [1.82, 2.24) is 15.1 Å². The van der Waals surface area contributed by atoms with Crippen LogP contribution in [-0.4, -0.2) is 102 Å². The van der Waals surface area contributed by atoms with Gasteiger partial charge in [-0.25, -0.2) is 0 Å². The molecule has 0 saturated carbocycles. The Kier molecular flexibility index (Phi) is 14.2. The summed E-state index contributed by atoms with van der Waals surface area (Å²) in [6, 6.07) is 43.9. The molecule has 0 aromatic heterocycles. The van der Waals surface area contributed by atoms with E-state index in [4.69, 9.17) is 23.7 Å². The average molecular weight is 1040 g/mol. The molecule has 5 aliphatic rings. The number of nitrogens with one attached hydrogen (secondary N) is 2. The molecule has 0 radical (unpaired) electrons. The summed E-state index contributed by atoms with van der Waals surface area (Å²) in [5.41, 5.74) is 2.89. The van der Waals surface area contributed by atoms with Crippen molar-refractivity contribution in [1.29, 1.82) is 0 Å². The molecule has 10 atom stereocenters. The lowest BCUT2D eigenvalue weighted by Crippen LogP contribution is -2.62. The summed E-state index contributed by atoms with van der Waals surface area (Å²) in [5, 5.41) is 15.4. The Labute approximate surface area is 444 Å². The van der Waals surface area contributed by atoms with Crippen molar-refractivity contribution < 1.29 is 57.6 Å². The van der Waals surface area contributed by atoms with Gasteiger partial charge in [0.1, 0.15) is 73.5 Å². The van der Waals surface area contributed by atoms with Gasteiger partial charge in [-0.15, -0.1) is 0 Å². The SMILES string of the molecule is C=CCOC(=O)[C@@H]1[C@H]2C(=O)O[C@H](c3ccccc3)[C@H](c3ccccc3)N2[C@H](c2ccc(OCCOC(=O)[C@@H]3C[C@@H]4C(=O)N[C@@H](Cc5ccccc5)C(=O)N4[C@@H]3c3cccc(OCCO)c3)cc2)[C@@]12C(=O)Nc1ccccc12. The van der Waals surface area contributed by atoms with Crippen LogP contribution < -0.4 is 20.1 Å². The van der Waals surface area contributed by atoms with Gasteiger partial charge in [-0.2, -0.15) is 0 Å². The number of cyclic esters (lactones) is 1. The molecule has 6 aromatic carbocycles. The van der Waals surface area contributed by atoms with Gasteiger partial charge in [-0.1, -0.05) is 146 Å². The van der Waals surface area contributed by atoms with E-state index in [0.29, 0.717) is 33.9 Å². The summed E-state index contributed by atoms with van der Waals surface area (Å²) in [6.07, 6.45) is 0.876. The van der Waals surface area contributed by atoms with Gasteiger partial charge < -0.3 is 44.3 Å². The van der Waals surface area contributed by atoms with Gasteiger partial charge >= 0.3 is 17.9 Å². The van der Waals surface area contributed by atoms with Gasteiger partial charge in [0, 0.05) is 12.1 Å². The number of carbonyl (C=O) groups excluding carboxylic acids is 6. The molecule has 5 heterocycles. The maximum Gasteiger partial charge on any atom is 0.325 e. The second-order valence-corrected chi connectivity index (χ2v) is 19.7. The van der Waals surface area contributed by atoms with Crippen LogP contribution in [0.25, 0.3) is 0 Å². The number of ether oxygens (including phenoxy) is 5. The van der Waals surface area contributed by atoms with Gasteiger partial charge in [0.05, 0.1) is 30.7 Å². The summed E-state index contributed by atoms with van der Waals surface area (Å²) in [4.78, 5) is 90.6. The van der Waals surface area contributed by atoms with E-state index in [1.54, 1.807) is 66.7 Å². The molecular weight excluding hydrogens is 981 g/mol. The first-order valence-electron chi connectivity index (χ1n) is 25.8. The predicted octanol–water partition coefficient (Wildman–Crippen LogP) is 6.68.